The zero-order valence-electron chi connectivity index (χ0n) is 7.49. The molecule has 1 unspecified atom stereocenters. The van der Waals surface area contributed by atoms with Crippen LogP contribution >= 0.6 is 0 Å². The molecule has 0 aliphatic heterocycles. The minimum Gasteiger partial charge on any atom is -0.464 e. The number of fused-ring (bicyclic) bond motifs is 1. The van der Waals surface area contributed by atoms with Gasteiger partial charge in [0.25, 0.3) is 0 Å². The van der Waals surface area contributed by atoms with Gasteiger partial charge in [0.2, 0.25) is 0 Å². The molecule has 2 nitrogen and oxygen atoms in total. The van der Waals surface area contributed by atoms with E-state index in [1.165, 1.54) is 0 Å². The number of benzene rings is 1. The van der Waals surface area contributed by atoms with Gasteiger partial charge in [-0.3, -0.25) is 0 Å². The molecule has 67 valence electrons. The fourth-order valence-corrected chi connectivity index (χ4v) is 1.39. The summed E-state index contributed by atoms with van der Waals surface area (Å²) in [5.74, 6) is 0.0827. The lowest BCUT2D eigenvalue weighted by molar-refractivity contribution is 0.177. The van der Waals surface area contributed by atoms with E-state index in [9.17, 15) is 5.11 Å². The van der Waals surface area contributed by atoms with Gasteiger partial charge in [-0.25, -0.2) is 5.11 Å². The summed E-state index contributed by atoms with van der Waals surface area (Å²) in [7, 11) is 0. The van der Waals surface area contributed by atoms with Crippen molar-refractivity contribution in [3.8, 4) is 0 Å². The van der Waals surface area contributed by atoms with Gasteiger partial charge >= 0.3 is 0 Å². The molecule has 2 rings (SSSR count). The Balaban J connectivity index is 2.48. The molecule has 1 aromatic heterocycles. The lowest BCUT2D eigenvalue weighted by atomic mass is 10.0. The number of hydrogen-bond acceptors (Lipinski definition) is 1. The molecule has 0 spiro atoms. The quantitative estimate of drug-likeness (QED) is 0.690. The first-order valence-corrected chi connectivity index (χ1v) is 4.36. The normalized spacial score (nSPS) is 13.4. The standard InChI is InChI=1S/C11H11O2/c1-8(7-12)9-2-3-11-10(6-9)4-5-13-11/h2-6,8H,7H2,1H3. The first-order valence-electron chi connectivity index (χ1n) is 4.36. The van der Waals surface area contributed by atoms with Gasteiger partial charge in [-0.05, 0) is 23.8 Å². The van der Waals surface area contributed by atoms with Crippen LogP contribution < -0.4 is 0 Å². The summed E-state index contributed by atoms with van der Waals surface area (Å²) in [6.45, 7) is 1.87. The highest BCUT2D eigenvalue weighted by molar-refractivity contribution is 5.77. The van der Waals surface area contributed by atoms with Gasteiger partial charge in [-0.2, -0.15) is 0 Å². The average Bonchev–Trinajstić information content (AvgIpc) is 2.63. The van der Waals surface area contributed by atoms with Gasteiger partial charge in [-0.1, -0.05) is 13.0 Å². The Morgan fingerprint density at radius 2 is 2.23 bits per heavy atom. The van der Waals surface area contributed by atoms with Crippen molar-refractivity contribution in [3.63, 3.8) is 0 Å². The monoisotopic (exact) mass is 175 g/mol. The Morgan fingerprint density at radius 1 is 1.38 bits per heavy atom. The summed E-state index contributed by atoms with van der Waals surface area (Å²) in [5.41, 5.74) is 1.96. The van der Waals surface area contributed by atoms with Crippen molar-refractivity contribution in [2.45, 2.75) is 12.8 Å². The Hall–Kier alpha value is -1.28. The van der Waals surface area contributed by atoms with Crippen molar-refractivity contribution in [3.05, 3.63) is 36.1 Å². The average molecular weight is 175 g/mol. The molecular weight excluding hydrogens is 164 g/mol. The van der Waals surface area contributed by atoms with Crippen LogP contribution in [0.3, 0.4) is 0 Å². The van der Waals surface area contributed by atoms with Crippen LogP contribution in [-0.2, 0) is 5.11 Å². The maximum Gasteiger partial charge on any atom is 0.133 e. The van der Waals surface area contributed by atoms with Crippen molar-refractivity contribution in [2.24, 2.45) is 0 Å². The summed E-state index contributed by atoms with van der Waals surface area (Å²) in [4.78, 5) is 0. The largest absolute Gasteiger partial charge is 0.464 e. The van der Waals surface area contributed by atoms with Crippen LogP contribution in [0.4, 0.5) is 0 Å². The summed E-state index contributed by atoms with van der Waals surface area (Å²) in [6.07, 6.45) is 1.66. The third-order valence-electron chi connectivity index (χ3n) is 2.30. The fraction of sp³-hybridized carbons (Fsp3) is 0.273. The molecule has 1 aromatic carbocycles. The molecule has 0 saturated carbocycles. The number of rotatable bonds is 2. The van der Waals surface area contributed by atoms with Crippen molar-refractivity contribution in [1.82, 2.24) is 0 Å². The van der Waals surface area contributed by atoms with Crippen molar-refractivity contribution >= 4 is 11.0 Å². The van der Waals surface area contributed by atoms with E-state index in [0.717, 1.165) is 16.5 Å². The third kappa shape index (κ3) is 1.45. The minimum atomic E-state index is -0.0661. The maximum atomic E-state index is 10.7. The second-order valence-electron chi connectivity index (χ2n) is 3.29. The second-order valence-corrected chi connectivity index (χ2v) is 3.29. The summed E-state index contributed by atoms with van der Waals surface area (Å²) in [6, 6.07) is 7.79. The van der Waals surface area contributed by atoms with Crippen molar-refractivity contribution in [2.75, 3.05) is 6.61 Å². The first kappa shape index (κ1) is 8.32. The van der Waals surface area contributed by atoms with Crippen LogP contribution in [0, 0.1) is 0 Å². The highest BCUT2D eigenvalue weighted by atomic mass is 16.3. The molecule has 0 aliphatic rings. The van der Waals surface area contributed by atoms with Gasteiger partial charge in [0.1, 0.15) is 5.58 Å². The highest BCUT2D eigenvalue weighted by Crippen LogP contribution is 2.21. The second kappa shape index (κ2) is 3.23. The molecule has 1 heterocycles. The van der Waals surface area contributed by atoms with Crippen LogP contribution in [-0.4, -0.2) is 6.61 Å². The van der Waals surface area contributed by atoms with E-state index in [-0.39, 0.29) is 12.5 Å². The van der Waals surface area contributed by atoms with Crippen LogP contribution in [0.2, 0.25) is 0 Å². The van der Waals surface area contributed by atoms with E-state index < -0.39 is 0 Å². The number of furan rings is 1. The lowest BCUT2D eigenvalue weighted by Crippen LogP contribution is -1.96. The number of hydrogen-bond donors (Lipinski definition) is 0. The molecule has 1 radical (unpaired) electrons. The maximum absolute atomic E-state index is 10.7. The molecule has 13 heavy (non-hydrogen) atoms. The van der Waals surface area contributed by atoms with Gasteiger partial charge in [0.05, 0.1) is 12.9 Å². The van der Waals surface area contributed by atoms with E-state index in [2.05, 4.69) is 0 Å². The Bertz CT molecular complexity index is 403. The summed E-state index contributed by atoms with van der Waals surface area (Å²) in [5, 5.41) is 11.7. The predicted molar refractivity (Wildman–Crippen MR) is 50.2 cm³/mol. The van der Waals surface area contributed by atoms with E-state index in [1.54, 1.807) is 6.26 Å². The molecule has 1 atom stereocenters. The summed E-state index contributed by atoms with van der Waals surface area (Å²) < 4.78 is 5.21. The molecule has 0 amide bonds. The lowest BCUT2D eigenvalue weighted by Gasteiger charge is -2.05. The third-order valence-corrected chi connectivity index (χ3v) is 2.30. The molecule has 2 heteroatoms. The summed E-state index contributed by atoms with van der Waals surface area (Å²) >= 11 is 0. The molecule has 0 fully saturated rings. The Labute approximate surface area is 76.8 Å². The Kier molecular flexibility index (Phi) is 2.07. The zero-order chi connectivity index (χ0) is 9.26. The molecule has 0 N–H and O–H groups in total. The SMILES string of the molecule is CC(C[O])c1ccc2occc2c1. The van der Waals surface area contributed by atoms with Gasteiger partial charge in [-0.15, -0.1) is 0 Å². The molecule has 0 saturated heterocycles. The minimum absolute atomic E-state index is 0.0661. The predicted octanol–water partition coefficient (Wildman–Crippen LogP) is 2.97. The van der Waals surface area contributed by atoms with E-state index in [1.807, 2.05) is 31.2 Å². The van der Waals surface area contributed by atoms with Crippen LogP contribution in [0.15, 0.2) is 34.9 Å². The molecule has 0 bridgehead atoms. The molecular formula is C11H11O2. The van der Waals surface area contributed by atoms with Gasteiger partial charge in [0, 0.05) is 11.3 Å². The van der Waals surface area contributed by atoms with Crippen LogP contribution in [0.1, 0.15) is 18.4 Å². The topological polar surface area (TPSA) is 33.0 Å². The van der Waals surface area contributed by atoms with E-state index >= 15 is 0 Å². The molecule has 0 aliphatic carbocycles. The smallest absolute Gasteiger partial charge is 0.133 e. The van der Waals surface area contributed by atoms with Crippen molar-refractivity contribution in [1.29, 1.82) is 0 Å². The zero-order valence-corrected chi connectivity index (χ0v) is 7.49. The van der Waals surface area contributed by atoms with Crippen LogP contribution in [0.25, 0.3) is 11.0 Å². The van der Waals surface area contributed by atoms with Gasteiger partial charge < -0.3 is 4.42 Å². The van der Waals surface area contributed by atoms with E-state index in [4.69, 9.17) is 4.42 Å². The van der Waals surface area contributed by atoms with E-state index in [0.29, 0.717) is 0 Å². The Morgan fingerprint density at radius 3 is 3.00 bits per heavy atom. The first-order chi connectivity index (χ1) is 6.31. The van der Waals surface area contributed by atoms with Gasteiger partial charge in [0.15, 0.2) is 0 Å². The van der Waals surface area contributed by atoms with Crippen molar-refractivity contribution < 1.29 is 9.52 Å². The highest BCUT2D eigenvalue weighted by Gasteiger charge is 2.05. The molecule has 2 aromatic rings. The fourth-order valence-electron chi connectivity index (χ4n) is 1.39. The van der Waals surface area contributed by atoms with Crippen LogP contribution in [0.5, 0.6) is 0 Å².